The zero-order valence-electron chi connectivity index (χ0n) is 7.79. The highest BCUT2D eigenvalue weighted by molar-refractivity contribution is 6.31. The summed E-state index contributed by atoms with van der Waals surface area (Å²) in [6.07, 6.45) is -0.584. The van der Waals surface area contributed by atoms with Crippen molar-refractivity contribution in [2.45, 2.75) is 26.0 Å². The molecule has 2 atom stereocenters. The van der Waals surface area contributed by atoms with E-state index < -0.39 is 12.1 Å². The van der Waals surface area contributed by atoms with Gasteiger partial charge < -0.3 is 10.8 Å². The van der Waals surface area contributed by atoms with Gasteiger partial charge in [-0.3, -0.25) is 0 Å². The molecule has 0 heterocycles. The van der Waals surface area contributed by atoms with E-state index in [0.717, 1.165) is 11.1 Å². The molecular weight excluding hydrogens is 186 g/mol. The molecule has 0 aliphatic rings. The molecule has 0 saturated carbocycles. The lowest BCUT2D eigenvalue weighted by Gasteiger charge is -2.16. The van der Waals surface area contributed by atoms with Crippen molar-refractivity contribution < 1.29 is 5.11 Å². The summed E-state index contributed by atoms with van der Waals surface area (Å²) < 4.78 is 0. The molecule has 1 rings (SSSR count). The maximum atomic E-state index is 9.31. The predicted octanol–water partition coefficient (Wildman–Crippen LogP) is 2.03. The van der Waals surface area contributed by atoms with E-state index in [4.69, 9.17) is 17.3 Å². The molecule has 1 aromatic rings. The average molecular weight is 200 g/mol. The van der Waals surface area contributed by atoms with Crippen molar-refractivity contribution in [2.75, 3.05) is 0 Å². The predicted molar refractivity (Wildman–Crippen MR) is 54.8 cm³/mol. The Labute approximate surface area is 83.3 Å². The molecule has 0 aromatic heterocycles. The summed E-state index contributed by atoms with van der Waals surface area (Å²) in [7, 11) is 0. The number of benzene rings is 1. The molecule has 0 aliphatic heterocycles. The normalized spacial score (nSPS) is 15.5. The third kappa shape index (κ3) is 2.44. The minimum Gasteiger partial charge on any atom is -0.391 e. The molecule has 3 N–H and O–H groups in total. The largest absolute Gasteiger partial charge is 0.391 e. The summed E-state index contributed by atoms with van der Waals surface area (Å²) in [5.41, 5.74) is 7.67. The van der Waals surface area contributed by atoms with Crippen molar-refractivity contribution in [3.63, 3.8) is 0 Å². The van der Waals surface area contributed by atoms with Crippen LogP contribution in [-0.2, 0) is 0 Å². The van der Waals surface area contributed by atoms with E-state index >= 15 is 0 Å². The summed E-state index contributed by atoms with van der Waals surface area (Å²) in [4.78, 5) is 0. The van der Waals surface area contributed by atoms with Gasteiger partial charge in [0.2, 0.25) is 0 Å². The van der Waals surface area contributed by atoms with E-state index in [0.29, 0.717) is 5.02 Å². The minimum absolute atomic E-state index is 0.410. The second kappa shape index (κ2) is 4.09. The Morgan fingerprint density at radius 3 is 2.62 bits per heavy atom. The number of halogens is 1. The number of aliphatic hydroxyl groups excluding tert-OH is 1. The van der Waals surface area contributed by atoms with Crippen molar-refractivity contribution in [3.05, 3.63) is 34.3 Å². The lowest BCUT2D eigenvalue weighted by atomic mass is 10.0. The fraction of sp³-hybridized carbons (Fsp3) is 0.400. The van der Waals surface area contributed by atoms with Gasteiger partial charge in [0.05, 0.1) is 12.1 Å². The van der Waals surface area contributed by atoms with E-state index in [1.807, 2.05) is 19.1 Å². The number of hydrogen-bond donors (Lipinski definition) is 2. The Morgan fingerprint density at radius 1 is 1.46 bits per heavy atom. The molecule has 0 radical (unpaired) electrons. The molecule has 3 heteroatoms. The summed E-state index contributed by atoms with van der Waals surface area (Å²) >= 11 is 5.94. The molecule has 0 aliphatic carbocycles. The van der Waals surface area contributed by atoms with Crippen molar-refractivity contribution >= 4 is 11.6 Å². The summed E-state index contributed by atoms with van der Waals surface area (Å²) in [5, 5.41) is 9.92. The highest BCUT2D eigenvalue weighted by atomic mass is 35.5. The van der Waals surface area contributed by atoms with Crippen LogP contribution in [0.5, 0.6) is 0 Å². The molecule has 0 saturated heterocycles. The molecule has 0 amide bonds. The number of hydrogen-bond acceptors (Lipinski definition) is 2. The zero-order valence-corrected chi connectivity index (χ0v) is 8.55. The maximum absolute atomic E-state index is 9.31. The molecule has 1 unspecified atom stereocenters. The highest BCUT2D eigenvalue weighted by Gasteiger charge is 2.14. The number of aryl methyl sites for hydroxylation is 1. The van der Waals surface area contributed by atoms with Crippen LogP contribution in [0.3, 0.4) is 0 Å². The number of nitrogens with two attached hydrogens (primary N) is 1. The second-order valence-electron chi connectivity index (χ2n) is 3.29. The minimum atomic E-state index is -0.584. The van der Waals surface area contributed by atoms with Gasteiger partial charge in [-0.2, -0.15) is 0 Å². The first kappa shape index (κ1) is 10.5. The first-order valence-corrected chi connectivity index (χ1v) is 4.60. The quantitative estimate of drug-likeness (QED) is 0.766. The maximum Gasteiger partial charge on any atom is 0.0705 e. The van der Waals surface area contributed by atoms with E-state index in [-0.39, 0.29) is 0 Å². The molecule has 13 heavy (non-hydrogen) atoms. The first-order valence-electron chi connectivity index (χ1n) is 4.22. The number of rotatable bonds is 2. The van der Waals surface area contributed by atoms with Crippen LogP contribution >= 0.6 is 11.6 Å². The van der Waals surface area contributed by atoms with Crippen molar-refractivity contribution in [1.29, 1.82) is 0 Å². The van der Waals surface area contributed by atoms with Crippen LogP contribution in [0.2, 0.25) is 5.02 Å². The molecule has 1 aromatic carbocycles. The Kier molecular flexibility index (Phi) is 3.31. The van der Waals surface area contributed by atoms with Gasteiger partial charge in [-0.15, -0.1) is 0 Å². The van der Waals surface area contributed by atoms with E-state index in [2.05, 4.69) is 0 Å². The fourth-order valence-electron chi connectivity index (χ4n) is 1.18. The lowest BCUT2D eigenvalue weighted by Crippen LogP contribution is -2.23. The topological polar surface area (TPSA) is 46.2 Å². The third-order valence-electron chi connectivity index (χ3n) is 2.03. The van der Waals surface area contributed by atoms with Crippen LogP contribution in [0, 0.1) is 6.92 Å². The van der Waals surface area contributed by atoms with Crippen LogP contribution in [0.15, 0.2) is 18.2 Å². The molecule has 0 fully saturated rings. The summed E-state index contributed by atoms with van der Waals surface area (Å²) in [5.74, 6) is 0. The Bertz CT molecular complexity index is 299. The zero-order chi connectivity index (χ0) is 10.0. The van der Waals surface area contributed by atoms with Gasteiger partial charge in [0.1, 0.15) is 0 Å². The third-order valence-corrected chi connectivity index (χ3v) is 2.37. The first-order chi connectivity index (χ1) is 6.02. The Hall–Kier alpha value is -0.570. The SMILES string of the molecule is Cc1ccc(Cl)c([C@H](N)C(C)O)c1. The molecule has 0 bridgehead atoms. The van der Waals surface area contributed by atoms with Gasteiger partial charge >= 0.3 is 0 Å². The monoisotopic (exact) mass is 199 g/mol. The second-order valence-corrected chi connectivity index (χ2v) is 3.70. The van der Waals surface area contributed by atoms with Crippen LogP contribution in [0.1, 0.15) is 24.1 Å². The molecule has 0 spiro atoms. The van der Waals surface area contributed by atoms with Crippen molar-refractivity contribution in [1.82, 2.24) is 0 Å². The van der Waals surface area contributed by atoms with Gasteiger partial charge in [0.15, 0.2) is 0 Å². The average Bonchev–Trinajstić information content (AvgIpc) is 2.08. The fourth-order valence-corrected chi connectivity index (χ4v) is 1.42. The van der Waals surface area contributed by atoms with Crippen molar-refractivity contribution in [3.8, 4) is 0 Å². The van der Waals surface area contributed by atoms with Crippen LogP contribution in [0.4, 0.5) is 0 Å². The summed E-state index contributed by atoms with van der Waals surface area (Å²) in [6, 6.07) is 5.21. The van der Waals surface area contributed by atoms with E-state index in [9.17, 15) is 5.11 Å². The summed E-state index contributed by atoms with van der Waals surface area (Å²) in [6.45, 7) is 3.62. The van der Waals surface area contributed by atoms with Crippen LogP contribution < -0.4 is 5.73 Å². The van der Waals surface area contributed by atoms with E-state index in [1.165, 1.54) is 0 Å². The van der Waals surface area contributed by atoms with Crippen molar-refractivity contribution in [2.24, 2.45) is 5.73 Å². The standard InChI is InChI=1S/C10H14ClNO/c1-6-3-4-9(11)8(5-6)10(12)7(2)13/h3-5,7,10,13H,12H2,1-2H3/t7?,10-/m1/s1. The lowest BCUT2D eigenvalue weighted by molar-refractivity contribution is 0.164. The van der Waals surface area contributed by atoms with Gasteiger partial charge in [-0.05, 0) is 25.5 Å². The molecule has 72 valence electrons. The Balaban J connectivity index is 3.05. The Morgan fingerprint density at radius 2 is 2.08 bits per heavy atom. The smallest absolute Gasteiger partial charge is 0.0705 e. The van der Waals surface area contributed by atoms with Gasteiger partial charge in [0.25, 0.3) is 0 Å². The van der Waals surface area contributed by atoms with Gasteiger partial charge in [-0.25, -0.2) is 0 Å². The molecule has 2 nitrogen and oxygen atoms in total. The van der Waals surface area contributed by atoms with E-state index in [1.54, 1.807) is 13.0 Å². The molecular formula is C10H14ClNO. The van der Waals surface area contributed by atoms with Crippen LogP contribution in [-0.4, -0.2) is 11.2 Å². The highest BCUT2D eigenvalue weighted by Crippen LogP contribution is 2.24. The van der Waals surface area contributed by atoms with Gasteiger partial charge in [0, 0.05) is 5.02 Å². The number of aliphatic hydroxyl groups is 1. The van der Waals surface area contributed by atoms with Gasteiger partial charge in [-0.1, -0.05) is 29.3 Å². The van der Waals surface area contributed by atoms with Crippen LogP contribution in [0.25, 0.3) is 0 Å².